The van der Waals surface area contributed by atoms with Crippen molar-refractivity contribution in [2.45, 2.75) is 0 Å². The quantitative estimate of drug-likeness (QED) is 0.891. The van der Waals surface area contributed by atoms with E-state index < -0.39 is 11.9 Å². The van der Waals surface area contributed by atoms with Crippen molar-refractivity contribution in [1.82, 2.24) is 0 Å². The van der Waals surface area contributed by atoms with Crippen LogP contribution in [0.5, 0.6) is 0 Å². The molecule has 1 heterocycles. The highest BCUT2D eigenvalue weighted by Crippen LogP contribution is 2.28. The van der Waals surface area contributed by atoms with Crippen LogP contribution in [0.4, 0.5) is 0 Å². The van der Waals surface area contributed by atoms with Gasteiger partial charge in [-0.1, -0.05) is 11.6 Å². The Balaban J connectivity index is 2.57. The highest BCUT2D eigenvalue weighted by molar-refractivity contribution is 6.31. The number of benzene rings is 1. The first-order valence-corrected chi connectivity index (χ1v) is 5.23. The lowest BCUT2D eigenvalue weighted by Crippen LogP contribution is -1.99. The first kappa shape index (κ1) is 12.2. The number of halogens is 1. The second-order valence-electron chi connectivity index (χ2n) is 3.46. The van der Waals surface area contributed by atoms with Gasteiger partial charge < -0.3 is 14.6 Å². The van der Waals surface area contributed by atoms with Crippen LogP contribution in [0.25, 0.3) is 11.3 Å². The van der Waals surface area contributed by atoms with Crippen LogP contribution >= 0.6 is 11.6 Å². The summed E-state index contributed by atoms with van der Waals surface area (Å²) < 4.78 is 5.06. The zero-order valence-corrected chi connectivity index (χ0v) is 9.64. The zero-order chi connectivity index (χ0) is 13.3. The zero-order valence-electron chi connectivity index (χ0n) is 8.88. The van der Waals surface area contributed by atoms with E-state index in [1.165, 1.54) is 30.3 Å². The Morgan fingerprint density at radius 3 is 2.33 bits per heavy atom. The maximum Gasteiger partial charge on any atom is 0.371 e. The van der Waals surface area contributed by atoms with Crippen molar-refractivity contribution in [3.05, 3.63) is 46.7 Å². The van der Waals surface area contributed by atoms with Gasteiger partial charge in [0.2, 0.25) is 5.76 Å². The molecule has 0 unspecified atom stereocenters. The summed E-state index contributed by atoms with van der Waals surface area (Å²) in [7, 11) is 0. The molecule has 0 radical (unpaired) electrons. The van der Waals surface area contributed by atoms with E-state index in [9.17, 15) is 9.59 Å². The van der Waals surface area contributed by atoms with E-state index in [1.54, 1.807) is 0 Å². The molecule has 0 saturated carbocycles. The number of rotatable bonds is 3. The minimum atomic E-state index is -1.22. The summed E-state index contributed by atoms with van der Waals surface area (Å²) in [4.78, 5) is 21.7. The Morgan fingerprint density at radius 2 is 1.78 bits per heavy atom. The summed E-state index contributed by atoms with van der Waals surface area (Å²) in [6.07, 6.45) is 0. The third kappa shape index (κ3) is 2.21. The molecule has 0 aliphatic carbocycles. The van der Waals surface area contributed by atoms with Gasteiger partial charge in [-0.3, -0.25) is 0 Å². The molecule has 0 aliphatic heterocycles. The molecule has 1 aromatic heterocycles. The molecule has 1 aromatic carbocycles. The lowest BCUT2D eigenvalue weighted by atomic mass is 10.1. The van der Waals surface area contributed by atoms with Crippen LogP contribution in [-0.2, 0) is 0 Å². The van der Waals surface area contributed by atoms with Gasteiger partial charge in [-0.15, -0.1) is 0 Å². The fourth-order valence-corrected chi connectivity index (χ4v) is 1.68. The topological polar surface area (TPSA) is 87.7 Å². The molecule has 0 bridgehead atoms. The Labute approximate surface area is 106 Å². The number of carbonyl (C=O) groups is 2. The minimum Gasteiger partial charge on any atom is -0.478 e. The molecule has 0 atom stereocenters. The monoisotopic (exact) mass is 266 g/mol. The van der Waals surface area contributed by atoms with Gasteiger partial charge in [-0.25, -0.2) is 9.59 Å². The van der Waals surface area contributed by atoms with Gasteiger partial charge in [0.15, 0.2) is 0 Å². The second kappa shape index (κ2) is 4.54. The van der Waals surface area contributed by atoms with Crippen molar-refractivity contribution in [1.29, 1.82) is 0 Å². The molecule has 2 N–H and O–H groups in total. The van der Waals surface area contributed by atoms with Crippen LogP contribution in [0.1, 0.15) is 20.9 Å². The lowest BCUT2D eigenvalue weighted by Gasteiger charge is -2.03. The Kier molecular flexibility index (Phi) is 3.08. The van der Waals surface area contributed by atoms with Crippen LogP contribution in [0.2, 0.25) is 5.02 Å². The maximum absolute atomic E-state index is 11.0. The molecule has 0 saturated heterocycles. The molecule has 18 heavy (non-hydrogen) atoms. The van der Waals surface area contributed by atoms with E-state index in [1.807, 2.05) is 0 Å². The van der Waals surface area contributed by atoms with E-state index in [0.29, 0.717) is 5.02 Å². The Morgan fingerprint density at radius 1 is 1.06 bits per heavy atom. The number of hydrogen-bond donors (Lipinski definition) is 2. The summed E-state index contributed by atoms with van der Waals surface area (Å²) in [5, 5.41) is 18.1. The van der Waals surface area contributed by atoms with E-state index in [4.69, 9.17) is 26.2 Å². The summed E-state index contributed by atoms with van der Waals surface area (Å²) in [6, 6.07) is 6.83. The lowest BCUT2D eigenvalue weighted by molar-refractivity contribution is 0.0662. The number of furan rings is 1. The average molecular weight is 267 g/mol. The SMILES string of the molecule is O=C(O)c1ccc(-c2cc(Cl)ccc2C(=O)O)o1. The van der Waals surface area contributed by atoms with Gasteiger partial charge in [-0.2, -0.15) is 0 Å². The van der Waals surface area contributed by atoms with Crippen molar-refractivity contribution in [3.63, 3.8) is 0 Å². The molecule has 2 rings (SSSR count). The van der Waals surface area contributed by atoms with Gasteiger partial charge >= 0.3 is 11.9 Å². The molecule has 5 nitrogen and oxygen atoms in total. The molecule has 92 valence electrons. The molecular weight excluding hydrogens is 260 g/mol. The maximum atomic E-state index is 11.0. The third-order valence-electron chi connectivity index (χ3n) is 2.29. The molecule has 0 spiro atoms. The van der Waals surface area contributed by atoms with Gasteiger partial charge in [0.1, 0.15) is 5.76 Å². The average Bonchev–Trinajstić information content (AvgIpc) is 2.77. The van der Waals surface area contributed by atoms with Gasteiger partial charge in [-0.05, 0) is 30.3 Å². The van der Waals surface area contributed by atoms with Gasteiger partial charge in [0, 0.05) is 10.6 Å². The largest absolute Gasteiger partial charge is 0.478 e. The highest BCUT2D eigenvalue weighted by atomic mass is 35.5. The number of hydrogen-bond acceptors (Lipinski definition) is 3. The standard InChI is InChI=1S/C12H7ClO5/c13-6-1-2-7(11(14)15)8(5-6)9-3-4-10(18-9)12(16)17/h1-5H,(H,14,15)(H,16,17). The Hall–Kier alpha value is -2.27. The minimum absolute atomic E-state index is 0.00862. The van der Waals surface area contributed by atoms with Crippen molar-refractivity contribution in [2.75, 3.05) is 0 Å². The molecule has 0 aliphatic rings. The summed E-state index contributed by atoms with van der Waals surface area (Å²) in [5.41, 5.74) is 0.230. The summed E-state index contributed by atoms with van der Waals surface area (Å²) in [5.74, 6) is -2.48. The van der Waals surface area contributed by atoms with E-state index in [-0.39, 0.29) is 22.6 Å². The van der Waals surface area contributed by atoms with Crippen molar-refractivity contribution >= 4 is 23.5 Å². The predicted molar refractivity (Wildman–Crippen MR) is 63.1 cm³/mol. The molecule has 0 amide bonds. The summed E-state index contributed by atoms with van der Waals surface area (Å²) >= 11 is 5.79. The number of carboxylic acids is 2. The van der Waals surface area contributed by atoms with Crippen LogP contribution in [0.15, 0.2) is 34.7 Å². The second-order valence-corrected chi connectivity index (χ2v) is 3.90. The van der Waals surface area contributed by atoms with Gasteiger partial charge in [0.05, 0.1) is 5.56 Å². The third-order valence-corrected chi connectivity index (χ3v) is 2.53. The fourth-order valence-electron chi connectivity index (χ4n) is 1.50. The highest BCUT2D eigenvalue weighted by Gasteiger charge is 2.17. The molecular formula is C12H7ClO5. The van der Waals surface area contributed by atoms with Crippen LogP contribution in [0, 0.1) is 0 Å². The normalized spacial score (nSPS) is 10.3. The van der Waals surface area contributed by atoms with Crippen molar-refractivity contribution < 1.29 is 24.2 Å². The smallest absolute Gasteiger partial charge is 0.371 e. The first-order chi connectivity index (χ1) is 8.49. The van der Waals surface area contributed by atoms with Gasteiger partial charge in [0.25, 0.3) is 0 Å². The fraction of sp³-hybridized carbons (Fsp3) is 0. The summed E-state index contributed by atoms with van der Waals surface area (Å²) in [6.45, 7) is 0. The van der Waals surface area contributed by atoms with E-state index >= 15 is 0 Å². The van der Waals surface area contributed by atoms with E-state index in [0.717, 1.165) is 0 Å². The molecule has 6 heteroatoms. The van der Waals surface area contributed by atoms with E-state index in [2.05, 4.69) is 0 Å². The van der Waals surface area contributed by atoms with Crippen LogP contribution in [-0.4, -0.2) is 22.2 Å². The Bertz CT molecular complexity index is 629. The van der Waals surface area contributed by atoms with Crippen LogP contribution < -0.4 is 0 Å². The first-order valence-electron chi connectivity index (χ1n) is 4.85. The van der Waals surface area contributed by atoms with Crippen molar-refractivity contribution in [2.24, 2.45) is 0 Å². The number of aromatic carboxylic acids is 2. The molecule has 0 fully saturated rings. The molecule has 2 aromatic rings. The van der Waals surface area contributed by atoms with Crippen LogP contribution in [0.3, 0.4) is 0 Å². The van der Waals surface area contributed by atoms with Crippen molar-refractivity contribution in [3.8, 4) is 11.3 Å². The predicted octanol–water partition coefficient (Wildman–Crippen LogP) is 3.00. The number of carboxylic acid groups (broad SMARTS) is 2.